The number of halogens is 5. The summed E-state index contributed by atoms with van der Waals surface area (Å²) < 4.78 is 15.6. The van der Waals surface area contributed by atoms with E-state index in [1.54, 1.807) is 0 Å². The number of carbonyl (C=O) groups is 1. The van der Waals surface area contributed by atoms with Crippen LogP contribution in [0, 0.1) is 6.92 Å². The highest BCUT2D eigenvalue weighted by atomic mass is 79.9. The minimum atomic E-state index is -1.94. The Labute approximate surface area is 229 Å². The number of thiocarbonyl (C=S) groups is 1. The second-order valence-electron chi connectivity index (χ2n) is 6.54. The van der Waals surface area contributed by atoms with Crippen molar-refractivity contribution in [2.24, 2.45) is 0 Å². The van der Waals surface area contributed by atoms with Gasteiger partial charge in [-0.25, -0.2) is 0 Å². The van der Waals surface area contributed by atoms with Crippen LogP contribution < -0.4 is 30.2 Å². The Balaban J connectivity index is 2.25. The van der Waals surface area contributed by atoms with Crippen LogP contribution >= 0.6 is 78.9 Å². The van der Waals surface area contributed by atoms with Crippen LogP contribution in [0.25, 0.3) is 0 Å². The van der Waals surface area contributed by atoms with Gasteiger partial charge >= 0.3 is 0 Å². The van der Waals surface area contributed by atoms with E-state index >= 15 is 0 Å². The van der Waals surface area contributed by atoms with E-state index in [0.29, 0.717) is 17.2 Å². The van der Waals surface area contributed by atoms with Crippen molar-refractivity contribution >= 4 is 95.6 Å². The Morgan fingerprint density at radius 2 is 1.58 bits per heavy atom. The summed E-state index contributed by atoms with van der Waals surface area (Å²) >= 11 is 30.6. The molecule has 13 heteroatoms. The summed E-state index contributed by atoms with van der Waals surface area (Å²) in [4.78, 5) is 13.0. The smallest absolute Gasteiger partial charge is 0.253 e. The predicted octanol–water partition coefficient (Wildman–Crippen LogP) is 5.96. The van der Waals surface area contributed by atoms with Gasteiger partial charge in [-0.3, -0.25) is 4.79 Å². The Bertz CT molecular complexity index is 1010. The summed E-state index contributed by atoms with van der Waals surface area (Å²) in [6.07, 6.45) is -1.18. The van der Waals surface area contributed by atoms with Crippen LogP contribution in [-0.2, 0) is 0 Å². The summed E-state index contributed by atoms with van der Waals surface area (Å²) in [5.41, 5.74) is 1.82. The average Bonchev–Trinajstić information content (AvgIpc) is 2.73. The standard InChI is InChI=1S/C20H20Br2Cl3N3O4S/c1-9-5-11(21)8-12(22)15(9)26-19(33)28-18(20(23,24)25)27-17(29)10-6-13(30-2)16(32-4)14(7-10)31-3/h5-8,18H,1-4H3,(H,27,29)(H2,26,28,33). The number of benzene rings is 2. The molecule has 0 aliphatic carbocycles. The van der Waals surface area contributed by atoms with Crippen molar-refractivity contribution in [2.45, 2.75) is 16.9 Å². The topological polar surface area (TPSA) is 80.9 Å². The third kappa shape index (κ3) is 7.40. The lowest BCUT2D eigenvalue weighted by atomic mass is 10.1. The number of hydrogen-bond donors (Lipinski definition) is 3. The number of rotatable bonds is 7. The van der Waals surface area contributed by atoms with E-state index < -0.39 is 15.9 Å². The highest BCUT2D eigenvalue weighted by Crippen LogP contribution is 2.38. The fourth-order valence-electron chi connectivity index (χ4n) is 2.77. The summed E-state index contributed by atoms with van der Waals surface area (Å²) in [5, 5.41) is 8.62. The number of methoxy groups -OCH3 is 3. The van der Waals surface area contributed by atoms with E-state index in [2.05, 4.69) is 47.8 Å². The Hall–Kier alpha value is -1.17. The molecule has 0 bridgehead atoms. The first-order chi connectivity index (χ1) is 15.4. The molecule has 1 atom stereocenters. The lowest BCUT2D eigenvalue weighted by molar-refractivity contribution is 0.0933. The van der Waals surface area contributed by atoms with E-state index in [1.807, 2.05) is 19.1 Å². The lowest BCUT2D eigenvalue weighted by Crippen LogP contribution is -2.56. The first-order valence-electron chi connectivity index (χ1n) is 9.12. The molecule has 3 N–H and O–H groups in total. The fourth-order valence-corrected chi connectivity index (χ4v) is 4.85. The highest BCUT2D eigenvalue weighted by molar-refractivity contribution is 9.11. The third-order valence-corrected chi connectivity index (χ3v) is 6.25. The monoisotopic (exact) mass is 661 g/mol. The zero-order valence-electron chi connectivity index (χ0n) is 17.8. The lowest BCUT2D eigenvalue weighted by Gasteiger charge is -2.28. The molecule has 33 heavy (non-hydrogen) atoms. The Morgan fingerprint density at radius 1 is 1.00 bits per heavy atom. The van der Waals surface area contributed by atoms with Crippen molar-refractivity contribution in [3.63, 3.8) is 0 Å². The predicted molar refractivity (Wildman–Crippen MR) is 144 cm³/mol. The van der Waals surface area contributed by atoms with E-state index in [4.69, 9.17) is 61.2 Å². The van der Waals surface area contributed by atoms with Gasteiger partial charge in [0.15, 0.2) is 16.6 Å². The molecule has 0 aliphatic rings. The van der Waals surface area contributed by atoms with Crippen molar-refractivity contribution in [3.8, 4) is 17.2 Å². The number of alkyl halides is 3. The molecule has 2 rings (SSSR count). The molecule has 2 aromatic rings. The van der Waals surface area contributed by atoms with E-state index in [1.165, 1.54) is 33.5 Å². The van der Waals surface area contributed by atoms with Crippen LogP contribution in [0.15, 0.2) is 33.2 Å². The first-order valence-corrected chi connectivity index (χ1v) is 12.2. The molecule has 180 valence electrons. The van der Waals surface area contributed by atoms with Crippen LogP contribution in [0.3, 0.4) is 0 Å². The molecule has 2 aromatic carbocycles. The summed E-state index contributed by atoms with van der Waals surface area (Å²) in [6, 6.07) is 6.72. The first kappa shape index (κ1) is 28.1. The van der Waals surface area contributed by atoms with Crippen LogP contribution in [0.1, 0.15) is 15.9 Å². The van der Waals surface area contributed by atoms with Gasteiger partial charge in [-0.2, -0.15) is 0 Å². The van der Waals surface area contributed by atoms with Crippen molar-refractivity contribution < 1.29 is 19.0 Å². The zero-order chi connectivity index (χ0) is 24.9. The van der Waals surface area contributed by atoms with Gasteiger partial charge in [-0.1, -0.05) is 50.7 Å². The van der Waals surface area contributed by atoms with Crippen LogP contribution in [-0.4, -0.2) is 42.3 Å². The van der Waals surface area contributed by atoms with Crippen molar-refractivity contribution in [1.82, 2.24) is 10.6 Å². The molecule has 0 spiro atoms. The molecule has 0 aliphatic heterocycles. The highest BCUT2D eigenvalue weighted by Gasteiger charge is 2.35. The number of aryl methyl sites for hydroxylation is 1. The number of carbonyl (C=O) groups excluding carboxylic acids is 1. The number of ether oxygens (including phenoxy) is 3. The number of nitrogens with one attached hydrogen (secondary N) is 3. The summed E-state index contributed by atoms with van der Waals surface area (Å²) in [5.74, 6) is 0.372. The van der Waals surface area contributed by atoms with Crippen LogP contribution in [0.4, 0.5) is 5.69 Å². The maximum Gasteiger partial charge on any atom is 0.253 e. The molecule has 0 aromatic heterocycles. The molecular formula is C20H20Br2Cl3N3O4S. The maximum atomic E-state index is 13.0. The van der Waals surface area contributed by atoms with Gasteiger partial charge in [0.2, 0.25) is 9.54 Å². The minimum Gasteiger partial charge on any atom is -0.493 e. The van der Waals surface area contributed by atoms with Crippen LogP contribution in [0.5, 0.6) is 17.2 Å². The van der Waals surface area contributed by atoms with Gasteiger partial charge in [0.25, 0.3) is 5.91 Å². The van der Waals surface area contributed by atoms with Crippen molar-refractivity contribution in [2.75, 3.05) is 26.6 Å². The fraction of sp³-hybridized carbons (Fsp3) is 0.300. The average molecular weight is 665 g/mol. The second-order valence-corrected chi connectivity index (χ2v) is 11.1. The molecule has 7 nitrogen and oxygen atoms in total. The normalized spacial score (nSPS) is 11.9. The third-order valence-electron chi connectivity index (χ3n) is 4.30. The maximum absolute atomic E-state index is 13.0. The molecule has 0 saturated heterocycles. The largest absolute Gasteiger partial charge is 0.493 e. The number of anilines is 1. The summed E-state index contributed by atoms with van der Waals surface area (Å²) in [6.45, 7) is 1.90. The SMILES string of the molecule is COc1cc(C(=O)NC(NC(=S)Nc2c(C)cc(Br)cc2Br)C(Cl)(Cl)Cl)cc(OC)c1OC. The van der Waals surface area contributed by atoms with Gasteiger partial charge in [0.1, 0.15) is 6.17 Å². The van der Waals surface area contributed by atoms with Gasteiger partial charge in [-0.15, -0.1) is 0 Å². The molecule has 0 saturated carbocycles. The number of amides is 1. The van der Waals surface area contributed by atoms with Gasteiger partial charge < -0.3 is 30.2 Å². The van der Waals surface area contributed by atoms with Crippen LogP contribution in [0.2, 0.25) is 0 Å². The van der Waals surface area contributed by atoms with Crippen molar-refractivity contribution in [3.05, 3.63) is 44.3 Å². The summed E-state index contributed by atoms with van der Waals surface area (Å²) in [7, 11) is 4.34. The van der Waals surface area contributed by atoms with E-state index in [0.717, 1.165) is 20.2 Å². The molecule has 0 heterocycles. The molecule has 1 amide bonds. The number of hydrogen-bond acceptors (Lipinski definition) is 5. The van der Waals surface area contributed by atoms with Crippen molar-refractivity contribution in [1.29, 1.82) is 0 Å². The Kier molecular flexibility index (Phi) is 10.2. The second kappa shape index (κ2) is 12.0. The molecule has 0 radical (unpaired) electrons. The van der Waals surface area contributed by atoms with E-state index in [9.17, 15) is 4.79 Å². The van der Waals surface area contributed by atoms with Gasteiger partial charge in [0.05, 0.1) is 27.0 Å². The Morgan fingerprint density at radius 3 is 2.03 bits per heavy atom. The molecular weight excluding hydrogens is 644 g/mol. The minimum absolute atomic E-state index is 0.127. The zero-order valence-corrected chi connectivity index (χ0v) is 24.1. The van der Waals surface area contributed by atoms with Gasteiger partial charge in [-0.05, 0) is 64.9 Å². The quantitative estimate of drug-likeness (QED) is 0.192. The molecule has 0 fully saturated rings. The van der Waals surface area contributed by atoms with E-state index in [-0.39, 0.29) is 10.7 Å². The molecule has 1 unspecified atom stereocenters. The van der Waals surface area contributed by atoms with Gasteiger partial charge in [0, 0.05) is 14.5 Å².